The molecule has 94 valence electrons. The first-order valence-electron chi connectivity index (χ1n) is 5.55. The molecule has 1 aromatic rings. The van der Waals surface area contributed by atoms with Crippen molar-refractivity contribution in [3.05, 3.63) is 23.6 Å². The maximum absolute atomic E-state index is 12.9. The number of nitrogens with one attached hydrogen (secondary N) is 1. The van der Waals surface area contributed by atoms with Crippen molar-refractivity contribution in [3.8, 4) is 0 Å². The van der Waals surface area contributed by atoms with Gasteiger partial charge in [-0.05, 0) is 17.9 Å². The average molecular weight is 239 g/mol. The number of halogens is 1. The lowest BCUT2D eigenvalue weighted by Crippen LogP contribution is -2.34. The number of anilines is 1. The molecule has 0 bridgehead atoms. The summed E-state index contributed by atoms with van der Waals surface area (Å²) in [4.78, 5) is 15.4. The predicted octanol–water partition coefficient (Wildman–Crippen LogP) is 1.97. The Morgan fingerprint density at radius 1 is 1.59 bits per heavy atom. The molecule has 17 heavy (non-hydrogen) atoms. The summed E-state index contributed by atoms with van der Waals surface area (Å²) in [6, 6.07) is 1.09. The first kappa shape index (κ1) is 13.4. The van der Waals surface area contributed by atoms with E-state index in [4.69, 9.17) is 5.73 Å². The van der Waals surface area contributed by atoms with Gasteiger partial charge in [0.2, 0.25) is 0 Å². The molecule has 0 saturated heterocycles. The Hall–Kier alpha value is -1.65. The molecule has 4 nitrogen and oxygen atoms in total. The van der Waals surface area contributed by atoms with E-state index in [1.54, 1.807) is 0 Å². The fraction of sp³-hybridized carbons (Fsp3) is 0.500. The highest BCUT2D eigenvalue weighted by atomic mass is 19.1. The number of nitrogens with zero attached hydrogens (tertiary/aromatic N) is 1. The molecule has 0 aromatic carbocycles. The second-order valence-electron chi connectivity index (χ2n) is 4.79. The van der Waals surface area contributed by atoms with Crippen LogP contribution in [-0.4, -0.2) is 17.4 Å². The standard InChI is InChI=1S/C12H18FN3O/c1-4-12(2,3)7-16-11(17)9-5-8(13)6-15-10(9)14/h5-6H,4,7H2,1-3H3,(H2,14,15)(H,16,17). The summed E-state index contributed by atoms with van der Waals surface area (Å²) in [7, 11) is 0. The molecule has 0 fully saturated rings. The van der Waals surface area contributed by atoms with Crippen LogP contribution >= 0.6 is 0 Å². The maximum atomic E-state index is 12.9. The fourth-order valence-electron chi connectivity index (χ4n) is 1.17. The van der Waals surface area contributed by atoms with E-state index in [0.717, 1.165) is 18.7 Å². The van der Waals surface area contributed by atoms with E-state index in [9.17, 15) is 9.18 Å². The van der Waals surface area contributed by atoms with Crippen molar-refractivity contribution in [2.75, 3.05) is 12.3 Å². The van der Waals surface area contributed by atoms with Crippen molar-refractivity contribution < 1.29 is 9.18 Å². The highest BCUT2D eigenvalue weighted by Gasteiger charge is 2.18. The summed E-state index contributed by atoms with van der Waals surface area (Å²) in [5.41, 5.74) is 5.61. The molecule has 3 N–H and O–H groups in total. The molecule has 0 aliphatic carbocycles. The van der Waals surface area contributed by atoms with Crippen molar-refractivity contribution in [2.45, 2.75) is 27.2 Å². The minimum atomic E-state index is -0.570. The van der Waals surface area contributed by atoms with Gasteiger partial charge in [0, 0.05) is 6.54 Å². The molecule has 0 radical (unpaired) electrons. The Bertz CT molecular complexity index is 418. The molecule has 5 heteroatoms. The minimum Gasteiger partial charge on any atom is -0.383 e. The van der Waals surface area contributed by atoms with E-state index >= 15 is 0 Å². The second kappa shape index (κ2) is 5.12. The molecular weight excluding hydrogens is 221 g/mol. The molecule has 1 aromatic heterocycles. The first-order chi connectivity index (χ1) is 7.85. The van der Waals surface area contributed by atoms with Crippen LogP contribution in [0.15, 0.2) is 12.3 Å². The molecule has 0 aliphatic rings. The number of hydrogen-bond acceptors (Lipinski definition) is 3. The first-order valence-corrected chi connectivity index (χ1v) is 5.55. The second-order valence-corrected chi connectivity index (χ2v) is 4.79. The quantitative estimate of drug-likeness (QED) is 0.844. The minimum absolute atomic E-state index is 0.00513. The van der Waals surface area contributed by atoms with Gasteiger partial charge in [0.1, 0.15) is 11.6 Å². The number of carbonyl (C=O) groups is 1. The largest absolute Gasteiger partial charge is 0.383 e. The van der Waals surface area contributed by atoms with Gasteiger partial charge in [-0.25, -0.2) is 9.37 Å². The van der Waals surface area contributed by atoms with Crippen LogP contribution < -0.4 is 11.1 Å². The summed E-state index contributed by atoms with van der Waals surface area (Å²) in [5, 5.41) is 2.73. The van der Waals surface area contributed by atoms with Crippen molar-refractivity contribution in [2.24, 2.45) is 5.41 Å². The van der Waals surface area contributed by atoms with E-state index < -0.39 is 11.7 Å². The fourth-order valence-corrected chi connectivity index (χ4v) is 1.17. The number of nitrogen functional groups attached to an aromatic ring is 1. The number of rotatable bonds is 4. The number of amides is 1. The van der Waals surface area contributed by atoms with Crippen molar-refractivity contribution in [1.82, 2.24) is 10.3 Å². The lowest BCUT2D eigenvalue weighted by molar-refractivity contribution is 0.0936. The maximum Gasteiger partial charge on any atom is 0.255 e. The summed E-state index contributed by atoms with van der Waals surface area (Å²) >= 11 is 0. The van der Waals surface area contributed by atoms with E-state index in [1.165, 1.54) is 0 Å². The highest BCUT2D eigenvalue weighted by molar-refractivity contribution is 5.98. The van der Waals surface area contributed by atoms with Gasteiger partial charge >= 0.3 is 0 Å². The summed E-state index contributed by atoms with van der Waals surface area (Å²) in [5.74, 6) is -0.923. The third kappa shape index (κ3) is 3.69. The van der Waals surface area contributed by atoms with Crippen LogP contribution in [0.5, 0.6) is 0 Å². The average Bonchev–Trinajstić information content (AvgIpc) is 2.29. The Labute approximate surface area is 100 Å². The molecular formula is C12H18FN3O. The molecule has 1 amide bonds. The van der Waals surface area contributed by atoms with Gasteiger partial charge in [-0.3, -0.25) is 4.79 Å². The number of pyridine rings is 1. The zero-order valence-corrected chi connectivity index (χ0v) is 10.4. The van der Waals surface area contributed by atoms with Crippen LogP contribution in [0.1, 0.15) is 37.6 Å². The zero-order chi connectivity index (χ0) is 13.1. The Kier molecular flexibility index (Phi) is 4.04. The number of nitrogens with two attached hydrogens (primary N) is 1. The van der Waals surface area contributed by atoms with Crippen LogP contribution in [0.2, 0.25) is 0 Å². The molecule has 0 atom stereocenters. The van der Waals surface area contributed by atoms with Gasteiger partial charge in [-0.15, -0.1) is 0 Å². The lowest BCUT2D eigenvalue weighted by Gasteiger charge is -2.22. The number of hydrogen-bond donors (Lipinski definition) is 2. The van der Waals surface area contributed by atoms with Crippen LogP contribution in [0.3, 0.4) is 0 Å². The van der Waals surface area contributed by atoms with E-state index in [2.05, 4.69) is 10.3 Å². The number of carbonyl (C=O) groups excluding carboxylic acids is 1. The van der Waals surface area contributed by atoms with E-state index in [1.807, 2.05) is 20.8 Å². The molecule has 0 spiro atoms. The molecule has 1 heterocycles. The van der Waals surface area contributed by atoms with Crippen LogP contribution in [0.25, 0.3) is 0 Å². The van der Waals surface area contributed by atoms with Crippen molar-refractivity contribution in [1.29, 1.82) is 0 Å². The molecule has 0 unspecified atom stereocenters. The summed E-state index contributed by atoms with van der Waals surface area (Å²) < 4.78 is 12.9. The molecule has 0 aliphatic heterocycles. The number of aromatic nitrogens is 1. The Balaban J connectivity index is 2.74. The molecule has 1 rings (SSSR count). The van der Waals surface area contributed by atoms with Gasteiger partial charge in [0.15, 0.2) is 0 Å². The zero-order valence-electron chi connectivity index (χ0n) is 10.4. The Morgan fingerprint density at radius 2 is 2.24 bits per heavy atom. The predicted molar refractivity (Wildman–Crippen MR) is 65.0 cm³/mol. The van der Waals surface area contributed by atoms with Gasteiger partial charge in [0.25, 0.3) is 5.91 Å². The normalized spacial score (nSPS) is 11.3. The topological polar surface area (TPSA) is 68.0 Å². The third-order valence-corrected chi connectivity index (χ3v) is 2.81. The van der Waals surface area contributed by atoms with Gasteiger partial charge in [-0.1, -0.05) is 20.8 Å². The Morgan fingerprint density at radius 3 is 2.82 bits per heavy atom. The van der Waals surface area contributed by atoms with Gasteiger partial charge in [-0.2, -0.15) is 0 Å². The van der Waals surface area contributed by atoms with Gasteiger partial charge in [0.05, 0.1) is 11.8 Å². The summed E-state index contributed by atoms with van der Waals surface area (Å²) in [6.45, 7) is 6.64. The molecule has 0 saturated carbocycles. The van der Waals surface area contributed by atoms with Crippen LogP contribution in [0.4, 0.5) is 10.2 Å². The van der Waals surface area contributed by atoms with E-state index in [-0.39, 0.29) is 16.8 Å². The smallest absolute Gasteiger partial charge is 0.255 e. The highest BCUT2D eigenvalue weighted by Crippen LogP contribution is 2.18. The van der Waals surface area contributed by atoms with Gasteiger partial charge < -0.3 is 11.1 Å². The monoisotopic (exact) mass is 239 g/mol. The van der Waals surface area contributed by atoms with Crippen LogP contribution in [-0.2, 0) is 0 Å². The van der Waals surface area contributed by atoms with Crippen molar-refractivity contribution >= 4 is 11.7 Å². The van der Waals surface area contributed by atoms with Crippen LogP contribution in [0, 0.1) is 11.2 Å². The van der Waals surface area contributed by atoms with Crippen molar-refractivity contribution in [3.63, 3.8) is 0 Å². The SMILES string of the molecule is CCC(C)(C)CNC(=O)c1cc(F)cnc1N. The third-order valence-electron chi connectivity index (χ3n) is 2.81. The summed E-state index contributed by atoms with van der Waals surface area (Å²) in [6.07, 6.45) is 1.92. The van der Waals surface area contributed by atoms with E-state index in [0.29, 0.717) is 6.54 Å². The lowest BCUT2D eigenvalue weighted by atomic mass is 9.90.